The zero-order valence-electron chi connectivity index (χ0n) is 13.4. The Morgan fingerprint density at radius 3 is 2.38 bits per heavy atom. The van der Waals surface area contributed by atoms with Gasteiger partial charge in [-0.25, -0.2) is 0 Å². The van der Waals surface area contributed by atoms with Crippen LogP contribution in [0.2, 0.25) is 0 Å². The lowest BCUT2D eigenvalue weighted by Gasteiger charge is -2.34. The number of ether oxygens (including phenoxy) is 1. The van der Waals surface area contributed by atoms with E-state index < -0.39 is 10.2 Å². The Bertz CT molecular complexity index is 419. The number of carbonyl (C=O) groups is 1. The molecule has 124 valence electrons. The van der Waals surface area contributed by atoms with Crippen LogP contribution < -0.4 is 0 Å². The molecule has 1 rings (SSSR count). The maximum absolute atomic E-state index is 12.7. The lowest BCUT2D eigenvalue weighted by molar-refractivity contribution is -0.149. The van der Waals surface area contributed by atoms with E-state index in [0.29, 0.717) is 39.1 Å². The Hall–Kier alpha value is -0.660. The molecule has 0 amide bonds. The normalized spacial score (nSPS) is 20.7. The fourth-order valence-corrected chi connectivity index (χ4v) is 4.49. The Labute approximate surface area is 128 Å². The highest BCUT2D eigenvalue weighted by molar-refractivity contribution is 7.86. The zero-order chi connectivity index (χ0) is 15.9. The van der Waals surface area contributed by atoms with Crippen molar-refractivity contribution in [1.29, 1.82) is 0 Å². The molecule has 0 aromatic carbocycles. The van der Waals surface area contributed by atoms with Gasteiger partial charge in [0.25, 0.3) is 10.2 Å². The van der Waals surface area contributed by atoms with Gasteiger partial charge >= 0.3 is 5.97 Å². The van der Waals surface area contributed by atoms with Crippen molar-refractivity contribution in [2.45, 2.75) is 46.5 Å². The highest BCUT2D eigenvalue weighted by Crippen LogP contribution is 2.22. The molecule has 7 heteroatoms. The van der Waals surface area contributed by atoms with E-state index in [1.54, 1.807) is 6.92 Å². The first-order valence-corrected chi connectivity index (χ1v) is 9.28. The first-order valence-electron chi connectivity index (χ1n) is 7.89. The number of hydrogen-bond donors (Lipinski definition) is 0. The van der Waals surface area contributed by atoms with Gasteiger partial charge in [-0.15, -0.1) is 0 Å². The minimum atomic E-state index is -3.47. The van der Waals surface area contributed by atoms with Crippen molar-refractivity contribution >= 4 is 16.2 Å². The third-order valence-electron chi connectivity index (χ3n) is 3.60. The molecule has 0 N–H and O–H groups in total. The molecule has 0 saturated carbocycles. The number of piperidine rings is 1. The predicted octanol–water partition coefficient (Wildman–Crippen LogP) is 1.63. The summed E-state index contributed by atoms with van der Waals surface area (Å²) in [5.41, 5.74) is 0. The van der Waals surface area contributed by atoms with Crippen LogP contribution in [0, 0.1) is 5.92 Å². The molecule has 6 nitrogen and oxygen atoms in total. The number of esters is 1. The Morgan fingerprint density at radius 2 is 1.86 bits per heavy atom. The molecule has 1 aliphatic rings. The first kappa shape index (κ1) is 18.4. The van der Waals surface area contributed by atoms with Crippen molar-refractivity contribution in [1.82, 2.24) is 8.61 Å². The van der Waals surface area contributed by atoms with Crippen molar-refractivity contribution in [2.75, 3.05) is 32.8 Å². The van der Waals surface area contributed by atoms with Crippen molar-refractivity contribution < 1.29 is 17.9 Å². The van der Waals surface area contributed by atoms with Crippen molar-refractivity contribution in [3.05, 3.63) is 0 Å². The van der Waals surface area contributed by atoms with Crippen LogP contribution in [-0.2, 0) is 19.7 Å². The van der Waals surface area contributed by atoms with Gasteiger partial charge in [-0.3, -0.25) is 4.79 Å². The molecule has 0 aliphatic carbocycles. The second-order valence-electron chi connectivity index (χ2n) is 5.36. The second kappa shape index (κ2) is 8.70. The fourth-order valence-electron chi connectivity index (χ4n) is 2.61. The van der Waals surface area contributed by atoms with Gasteiger partial charge in [-0.2, -0.15) is 17.0 Å². The maximum atomic E-state index is 12.7. The van der Waals surface area contributed by atoms with E-state index in [4.69, 9.17) is 4.74 Å². The molecule has 0 spiro atoms. The van der Waals surface area contributed by atoms with E-state index in [9.17, 15) is 13.2 Å². The van der Waals surface area contributed by atoms with E-state index in [0.717, 1.165) is 12.8 Å². The molecule has 1 atom stereocenters. The van der Waals surface area contributed by atoms with Crippen LogP contribution in [0.3, 0.4) is 0 Å². The van der Waals surface area contributed by atoms with Gasteiger partial charge in [0.1, 0.15) is 0 Å². The fraction of sp³-hybridized carbons (Fsp3) is 0.929. The van der Waals surface area contributed by atoms with Gasteiger partial charge in [0.2, 0.25) is 0 Å². The summed E-state index contributed by atoms with van der Waals surface area (Å²) >= 11 is 0. The number of hydrogen-bond acceptors (Lipinski definition) is 4. The van der Waals surface area contributed by atoms with E-state index in [-0.39, 0.29) is 18.4 Å². The summed E-state index contributed by atoms with van der Waals surface area (Å²) in [6, 6.07) is 0. The van der Waals surface area contributed by atoms with Crippen molar-refractivity contribution in [3.63, 3.8) is 0 Å². The zero-order valence-corrected chi connectivity index (χ0v) is 14.2. The average molecular weight is 320 g/mol. The largest absolute Gasteiger partial charge is 0.466 e. The van der Waals surface area contributed by atoms with E-state index in [2.05, 4.69) is 0 Å². The molecule has 0 aromatic rings. The van der Waals surface area contributed by atoms with Gasteiger partial charge < -0.3 is 4.74 Å². The molecule has 0 aromatic heterocycles. The molecule has 1 heterocycles. The van der Waals surface area contributed by atoms with E-state index in [1.807, 2.05) is 13.8 Å². The molecule has 21 heavy (non-hydrogen) atoms. The van der Waals surface area contributed by atoms with Gasteiger partial charge in [0.05, 0.1) is 12.5 Å². The standard InChI is InChI=1S/C14H28N2O4S/c1-4-9-15(10-5-2)21(18,19)16-11-7-8-13(12-16)14(17)20-6-3/h13H,4-12H2,1-3H3/t13-/m1/s1. The quantitative estimate of drug-likeness (QED) is 0.638. The summed E-state index contributed by atoms with van der Waals surface area (Å²) in [5.74, 6) is -0.617. The van der Waals surface area contributed by atoms with Crippen molar-refractivity contribution in [2.24, 2.45) is 5.92 Å². The van der Waals surface area contributed by atoms with Gasteiger partial charge in [-0.1, -0.05) is 13.8 Å². The van der Waals surface area contributed by atoms with Crippen LogP contribution >= 0.6 is 0 Å². The van der Waals surface area contributed by atoms with Crippen LogP contribution in [-0.4, -0.2) is 55.8 Å². The topological polar surface area (TPSA) is 66.9 Å². The highest BCUT2D eigenvalue weighted by atomic mass is 32.2. The monoisotopic (exact) mass is 320 g/mol. The van der Waals surface area contributed by atoms with E-state index >= 15 is 0 Å². The smallest absolute Gasteiger partial charge is 0.310 e. The first-order chi connectivity index (χ1) is 9.97. The summed E-state index contributed by atoms with van der Waals surface area (Å²) in [6.07, 6.45) is 2.98. The number of nitrogens with zero attached hydrogens (tertiary/aromatic N) is 2. The molecule has 1 saturated heterocycles. The predicted molar refractivity (Wildman–Crippen MR) is 82.0 cm³/mol. The minimum Gasteiger partial charge on any atom is -0.466 e. The molecule has 0 bridgehead atoms. The SMILES string of the molecule is CCCN(CCC)S(=O)(=O)N1CCC[C@@H](C(=O)OCC)C1. The second-order valence-corrected chi connectivity index (χ2v) is 7.28. The lowest BCUT2D eigenvalue weighted by atomic mass is 10.0. The number of carbonyl (C=O) groups excluding carboxylic acids is 1. The summed E-state index contributed by atoms with van der Waals surface area (Å²) in [4.78, 5) is 11.8. The minimum absolute atomic E-state index is 0.241. The Balaban J connectivity index is 2.79. The van der Waals surface area contributed by atoms with Crippen LogP contribution in [0.15, 0.2) is 0 Å². The molecule has 0 unspecified atom stereocenters. The molecular weight excluding hydrogens is 292 g/mol. The molecule has 0 radical (unpaired) electrons. The molecule has 1 fully saturated rings. The average Bonchev–Trinajstić information content (AvgIpc) is 2.47. The number of rotatable bonds is 8. The summed E-state index contributed by atoms with van der Waals surface area (Å²) < 4.78 is 33.4. The van der Waals surface area contributed by atoms with Gasteiger partial charge in [0, 0.05) is 26.2 Å². The third-order valence-corrected chi connectivity index (χ3v) is 5.60. The van der Waals surface area contributed by atoms with Crippen LogP contribution in [0.5, 0.6) is 0 Å². The summed E-state index contributed by atoms with van der Waals surface area (Å²) in [6.45, 7) is 7.81. The molecular formula is C14H28N2O4S. The van der Waals surface area contributed by atoms with Crippen LogP contribution in [0.25, 0.3) is 0 Å². The Kier molecular flexibility index (Phi) is 7.62. The molecule has 1 aliphatic heterocycles. The maximum Gasteiger partial charge on any atom is 0.310 e. The van der Waals surface area contributed by atoms with Crippen LogP contribution in [0.1, 0.15) is 46.5 Å². The van der Waals surface area contributed by atoms with Crippen molar-refractivity contribution in [3.8, 4) is 0 Å². The summed E-state index contributed by atoms with van der Waals surface area (Å²) in [7, 11) is -3.47. The van der Waals surface area contributed by atoms with E-state index in [1.165, 1.54) is 8.61 Å². The van der Waals surface area contributed by atoms with Crippen LogP contribution in [0.4, 0.5) is 0 Å². The van der Waals surface area contributed by atoms with Gasteiger partial charge in [-0.05, 0) is 32.6 Å². The third kappa shape index (κ3) is 4.93. The van der Waals surface area contributed by atoms with Gasteiger partial charge in [0.15, 0.2) is 0 Å². The summed E-state index contributed by atoms with van der Waals surface area (Å²) in [5, 5.41) is 0. The lowest BCUT2D eigenvalue weighted by Crippen LogP contribution is -2.49. The highest BCUT2D eigenvalue weighted by Gasteiger charge is 2.35. The Morgan fingerprint density at radius 1 is 1.24 bits per heavy atom.